The molecule has 1 rings (SSSR count). The highest BCUT2D eigenvalue weighted by Gasteiger charge is 2.35. The molecule has 1 heterocycles. The maximum absolute atomic E-state index is 12.4. The third-order valence-electron chi connectivity index (χ3n) is 3.29. The molecule has 0 amide bonds. The van der Waals surface area contributed by atoms with Crippen molar-refractivity contribution in [1.82, 2.24) is 8.61 Å². The summed E-state index contributed by atoms with van der Waals surface area (Å²) in [6.07, 6.45) is 2.06. The smallest absolute Gasteiger partial charge is 0.318 e. The van der Waals surface area contributed by atoms with E-state index in [1.807, 2.05) is 0 Å². The quantitative estimate of drug-likeness (QED) is 0.510. The van der Waals surface area contributed by atoms with E-state index in [0.29, 0.717) is 12.8 Å². The molecule has 8 nitrogen and oxygen atoms in total. The SMILES string of the molecule is C=CCN(CC(=O)O)S(=O)(=O)N1CCC(C(=O)OC)CC1. The lowest BCUT2D eigenvalue weighted by Crippen LogP contribution is -2.49. The van der Waals surface area contributed by atoms with Crippen molar-refractivity contribution < 1.29 is 27.9 Å². The zero-order valence-electron chi connectivity index (χ0n) is 11.9. The van der Waals surface area contributed by atoms with E-state index in [-0.39, 0.29) is 31.5 Å². The average molecular weight is 320 g/mol. The highest BCUT2D eigenvalue weighted by molar-refractivity contribution is 7.86. The Morgan fingerprint density at radius 2 is 2.00 bits per heavy atom. The largest absolute Gasteiger partial charge is 0.480 e. The van der Waals surface area contributed by atoms with E-state index in [9.17, 15) is 18.0 Å². The molecule has 1 aliphatic rings. The van der Waals surface area contributed by atoms with E-state index in [4.69, 9.17) is 5.11 Å². The summed E-state index contributed by atoms with van der Waals surface area (Å²) in [6, 6.07) is 0. The van der Waals surface area contributed by atoms with Crippen molar-refractivity contribution >= 4 is 22.1 Å². The van der Waals surface area contributed by atoms with E-state index in [1.54, 1.807) is 0 Å². The number of piperidine rings is 1. The molecule has 0 aromatic carbocycles. The first-order chi connectivity index (χ1) is 9.82. The van der Waals surface area contributed by atoms with Crippen molar-refractivity contribution in [3.63, 3.8) is 0 Å². The molecule has 0 aromatic rings. The van der Waals surface area contributed by atoms with Gasteiger partial charge in [-0.2, -0.15) is 17.0 Å². The Bertz CT molecular complexity index is 496. The van der Waals surface area contributed by atoms with Crippen LogP contribution in [0.15, 0.2) is 12.7 Å². The minimum atomic E-state index is -3.87. The Hall–Kier alpha value is -1.45. The van der Waals surface area contributed by atoms with Gasteiger partial charge in [0.15, 0.2) is 0 Å². The van der Waals surface area contributed by atoms with Gasteiger partial charge in [0.05, 0.1) is 13.0 Å². The zero-order chi connectivity index (χ0) is 16.0. The molecule has 0 atom stereocenters. The predicted octanol–water partition coefficient (Wildman–Crippen LogP) is -0.311. The lowest BCUT2D eigenvalue weighted by molar-refractivity contribution is -0.146. The van der Waals surface area contributed by atoms with E-state index >= 15 is 0 Å². The van der Waals surface area contributed by atoms with Gasteiger partial charge < -0.3 is 9.84 Å². The maximum atomic E-state index is 12.4. The summed E-state index contributed by atoms with van der Waals surface area (Å²) in [6.45, 7) is 3.06. The number of carboxylic acid groups (broad SMARTS) is 1. The van der Waals surface area contributed by atoms with Gasteiger partial charge in [-0.3, -0.25) is 9.59 Å². The van der Waals surface area contributed by atoms with Gasteiger partial charge in [-0.15, -0.1) is 6.58 Å². The number of nitrogens with zero attached hydrogens (tertiary/aromatic N) is 2. The fourth-order valence-electron chi connectivity index (χ4n) is 2.19. The molecular formula is C12H20N2O6S. The molecule has 0 unspecified atom stereocenters. The fraction of sp³-hybridized carbons (Fsp3) is 0.667. The molecule has 1 saturated heterocycles. The van der Waals surface area contributed by atoms with Gasteiger partial charge >= 0.3 is 11.9 Å². The van der Waals surface area contributed by atoms with Crippen molar-refractivity contribution in [3.8, 4) is 0 Å². The van der Waals surface area contributed by atoms with Crippen LogP contribution >= 0.6 is 0 Å². The Balaban J connectivity index is 2.76. The Labute approximate surface area is 124 Å². The van der Waals surface area contributed by atoms with E-state index < -0.39 is 22.7 Å². The van der Waals surface area contributed by atoms with Crippen LogP contribution in [0.1, 0.15) is 12.8 Å². The van der Waals surface area contributed by atoms with Gasteiger partial charge in [0.25, 0.3) is 10.2 Å². The molecule has 21 heavy (non-hydrogen) atoms. The third kappa shape index (κ3) is 4.51. The van der Waals surface area contributed by atoms with Crippen molar-refractivity contribution in [2.45, 2.75) is 12.8 Å². The van der Waals surface area contributed by atoms with Crippen LogP contribution < -0.4 is 0 Å². The van der Waals surface area contributed by atoms with Gasteiger partial charge in [0, 0.05) is 19.6 Å². The molecule has 9 heteroatoms. The first-order valence-electron chi connectivity index (χ1n) is 6.48. The molecule has 0 aliphatic carbocycles. The summed E-state index contributed by atoms with van der Waals surface area (Å²) < 4.78 is 31.4. The van der Waals surface area contributed by atoms with E-state index in [1.165, 1.54) is 17.5 Å². The molecular weight excluding hydrogens is 300 g/mol. The standard InChI is InChI=1S/C12H20N2O6S/c1-3-6-14(9-11(15)16)21(18,19)13-7-4-10(5-8-13)12(17)20-2/h3,10H,1,4-9H2,2H3,(H,15,16). The minimum absolute atomic E-state index is 0.0778. The fourth-order valence-corrected chi connectivity index (χ4v) is 3.75. The van der Waals surface area contributed by atoms with Crippen LogP contribution in [0.25, 0.3) is 0 Å². The van der Waals surface area contributed by atoms with Crippen LogP contribution in [0.4, 0.5) is 0 Å². The van der Waals surface area contributed by atoms with Crippen molar-refractivity contribution in [2.24, 2.45) is 5.92 Å². The summed E-state index contributed by atoms with van der Waals surface area (Å²) in [5.74, 6) is -1.89. The number of hydrogen-bond donors (Lipinski definition) is 1. The molecule has 0 spiro atoms. The van der Waals surface area contributed by atoms with Crippen molar-refractivity contribution in [1.29, 1.82) is 0 Å². The van der Waals surface area contributed by atoms with E-state index in [0.717, 1.165) is 4.31 Å². The van der Waals surface area contributed by atoms with Gasteiger partial charge in [-0.1, -0.05) is 6.08 Å². The molecule has 1 N–H and O–H groups in total. The number of esters is 1. The monoisotopic (exact) mass is 320 g/mol. The lowest BCUT2D eigenvalue weighted by atomic mass is 9.99. The van der Waals surface area contributed by atoms with Crippen LogP contribution in [0.2, 0.25) is 0 Å². The molecule has 1 fully saturated rings. The normalized spacial score (nSPS) is 17.6. The second-order valence-electron chi connectivity index (χ2n) is 4.68. The van der Waals surface area contributed by atoms with Gasteiger partial charge in [-0.25, -0.2) is 0 Å². The summed E-state index contributed by atoms with van der Waals surface area (Å²) in [4.78, 5) is 22.2. The summed E-state index contributed by atoms with van der Waals surface area (Å²) in [7, 11) is -2.58. The third-order valence-corrected chi connectivity index (χ3v) is 5.23. The second kappa shape index (κ2) is 7.53. The Morgan fingerprint density at radius 3 is 2.43 bits per heavy atom. The van der Waals surface area contributed by atoms with Crippen LogP contribution in [0.3, 0.4) is 0 Å². The van der Waals surface area contributed by atoms with Gasteiger partial charge in [0.1, 0.15) is 6.54 Å². The first-order valence-corrected chi connectivity index (χ1v) is 7.88. The number of carbonyl (C=O) groups is 2. The molecule has 0 bridgehead atoms. The van der Waals surface area contributed by atoms with Crippen LogP contribution in [0, 0.1) is 5.92 Å². The number of hydrogen-bond acceptors (Lipinski definition) is 5. The topological polar surface area (TPSA) is 104 Å². The number of carbonyl (C=O) groups excluding carboxylic acids is 1. The molecule has 0 saturated carbocycles. The second-order valence-corrected chi connectivity index (χ2v) is 6.61. The summed E-state index contributed by atoms with van der Waals surface area (Å²) in [5, 5.41) is 8.80. The van der Waals surface area contributed by atoms with Crippen molar-refractivity contribution in [3.05, 3.63) is 12.7 Å². The van der Waals surface area contributed by atoms with Crippen LogP contribution in [-0.4, -0.2) is 67.4 Å². The lowest BCUT2D eigenvalue weighted by Gasteiger charge is -2.33. The van der Waals surface area contributed by atoms with Gasteiger partial charge in [0.2, 0.25) is 0 Å². The number of aliphatic carboxylic acids is 1. The molecule has 120 valence electrons. The molecule has 1 aliphatic heterocycles. The van der Waals surface area contributed by atoms with Crippen LogP contribution in [-0.2, 0) is 24.5 Å². The number of carboxylic acids is 1. The minimum Gasteiger partial charge on any atom is -0.480 e. The maximum Gasteiger partial charge on any atom is 0.318 e. The zero-order valence-corrected chi connectivity index (χ0v) is 12.7. The number of ether oxygens (including phenoxy) is 1. The van der Waals surface area contributed by atoms with E-state index in [2.05, 4.69) is 11.3 Å². The van der Waals surface area contributed by atoms with Gasteiger partial charge in [-0.05, 0) is 12.8 Å². The summed E-state index contributed by atoms with van der Waals surface area (Å²) >= 11 is 0. The Morgan fingerprint density at radius 1 is 1.43 bits per heavy atom. The number of rotatable bonds is 7. The highest BCUT2D eigenvalue weighted by Crippen LogP contribution is 2.22. The number of methoxy groups -OCH3 is 1. The average Bonchev–Trinajstić information content (AvgIpc) is 2.45. The predicted molar refractivity (Wildman–Crippen MR) is 74.6 cm³/mol. The van der Waals surface area contributed by atoms with Crippen LogP contribution in [0.5, 0.6) is 0 Å². The summed E-state index contributed by atoms with van der Waals surface area (Å²) in [5.41, 5.74) is 0. The highest BCUT2D eigenvalue weighted by atomic mass is 32.2. The Kier molecular flexibility index (Phi) is 6.31. The first kappa shape index (κ1) is 17.6. The molecule has 0 aromatic heterocycles. The van der Waals surface area contributed by atoms with Crippen molar-refractivity contribution in [2.75, 3.05) is 33.3 Å². The molecule has 0 radical (unpaired) electrons.